The predicted octanol–water partition coefficient (Wildman–Crippen LogP) is 2.52. The molecule has 140 valence electrons. The van der Waals surface area contributed by atoms with E-state index in [-0.39, 0.29) is 18.0 Å². The van der Waals surface area contributed by atoms with Gasteiger partial charge >= 0.3 is 0 Å². The normalized spacial score (nSPS) is 14.0. The number of fused-ring (bicyclic) bond motifs is 3. The number of hydrogen-bond donors (Lipinski definition) is 1. The molecule has 0 atom stereocenters. The summed E-state index contributed by atoms with van der Waals surface area (Å²) < 4.78 is 3.37. The summed E-state index contributed by atoms with van der Waals surface area (Å²) in [6.07, 6.45) is 6.58. The van der Waals surface area contributed by atoms with Gasteiger partial charge in [-0.25, -0.2) is 9.97 Å². The van der Waals surface area contributed by atoms with Crippen LogP contribution in [-0.2, 0) is 30.7 Å². The van der Waals surface area contributed by atoms with Gasteiger partial charge in [-0.2, -0.15) is 0 Å². The standard InChI is InChI=1S/C20H23N5O2/c1-2-14-7-9-15(10-8-14)22-17(26)12-24-13-21-19-18(20(24)27)23-16-6-4-3-5-11-25(16)19/h7-10,13H,2-6,11-12H2,1H3,(H,22,26). The monoisotopic (exact) mass is 365 g/mol. The van der Waals surface area contributed by atoms with Gasteiger partial charge in [0.1, 0.15) is 18.7 Å². The van der Waals surface area contributed by atoms with Crippen molar-refractivity contribution in [1.82, 2.24) is 19.1 Å². The van der Waals surface area contributed by atoms with E-state index in [1.54, 1.807) is 0 Å². The van der Waals surface area contributed by atoms with Crippen LogP contribution >= 0.6 is 0 Å². The van der Waals surface area contributed by atoms with E-state index in [0.29, 0.717) is 16.9 Å². The fourth-order valence-corrected chi connectivity index (χ4v) is 3.52. The van der Waals surface area contributed by atoms with Gasteiger partial charge in [0.05, 0.1) is 0 Å². The van der Waals surface area contributed by atoms with Crippen molar-refractivity contribution >= 4 is 22.8 Å². The number of carbonyl (C=O) groups excluding carboxylic acids is 1. The Hall–Kier alpha value is -2.96. The number of rotatable bonds is 4. The Morgan fingerprint density at radius 1 is 1.19 bits per heavy atom. The second-order valence-electron chi connectivity index (χ2n) is 6.94. The number of aromatic nitrogens is 4. The number of carbonyl (C=O) groups is 1. The number of amides is 1. The summed E-state index contributed by atoms with van der Waals surface area (Å²) in [7, 11) is 0. The molecule has 7 heteroatoms. The molecular weight excluding hydrogens is 342 g/mol. The lowest BCUT2D eigenvalue weighted by Gasteiger charge is -2.08. The van der Waals surface area contributed by atoms with E-state index in [4.69, 9.17) is 0 Å². The van der Waals surface area contributed by atoms with E-state index >= 15 is 0 Å². The van der Waals surface area contributed by atoms with Crippen LogP contribution in [0.15, 0.2) is 35.4 Å². The lowest BCUT2D eigenvalue weighted by molar-refractivity contribution is -0.116. The largest absolute Gasteiger partial charge is 0.325 e. The Labute approximate surface area is 157 Å². The van der Waals surface area contributed by atoms with Crippen LogP contribution in [0.1, 0.15) is 37.6 Å². The summed E-state index contributed by atoms with van der Waals surface area (Å²) in [5, 5.41) is 2.82. The molecule has 1 aromatic carbocycles. The van der Waals surface area contributed by atoms with Crippen LogP contribution in [0, 0.1) is 0 Å². The Bertz CT molecular complexity index is 1030. The van der Waals surface area contributed by atoms with Gasteiger partial charge in [-0.15, -0.1) is 0 Å². The third-order valence-corrected chi connectivity index (χ3v) is 5.04. The molecule has 0 unspecified atom stereocenters. The van der Waals surface area contributed by atoms with Crippen LogP contribution in [0.25, 0.3) is 11.2 Å². The molecule has 1 aliphatic rings. The number of benzene rings is 1. The van der Waals surface area contributed by atoms with Crippen molar-refractivity contribution in [2.75, 3.05) is 5.32 Å². The van der Waals surface area contributed by atoms with Gasteiger partial charge in [-0.1, -0.05) is 25.5 Å². The predicted molar refractivity (Wildman–Crippen MR) is 104 cm³/mol. The maximum absolute atomic E-state index is 12.8. The van der Waals surface area contributed by atoms with Gasteiger partial charge in [0.15, 0.2) is 11.2 Å². The van der Waals surface area contributed by atoms with Crippen LogP contribution in [-0.4, -0.2) is 25.0 Å². The van der Waals surface area contributed by atoms with Gasteiger partial charge in [-0.3, -0.25) is 14.2 Å². The molecule has 1 N–H and O–H groups in total. The van der Waals surface area contributed by atoms with Crippen LogP contribution < -0.4 is 10.9 Å². The van der Waals surface area contributed by atoms with Crippen LogP contribution in [0.2, 0.25) is 0 Å². The third-order valence-electron chi connectivity index (χ3n) is 5.04. The summed E-state index contributed by atoms with van der Waals surface area (Å²) in [5.74, 6) is 0.661. The van der Waals surface area contributed by atoms with Crippen molar-refractivity contribution in [3.05, 3.63) is 52.3 Å². The number of aryl methyl sites for hydroxylation is 3. The fraction of sp³-hybridized carbons (Fsp3) is 0.400. The molecule has 2 aromatic heterocycles. The smallest absolute Gasteiger partial charge is 0.282 e. The molecule has 0 bridgehead atoms. The summed E-state index contributed by atoms with van der Waals surface area (Å²) in [6.45, 7) is 2.84. The van der Waals surface area contributed by atoms with Crippen molar-refractivity contribution in [3.63, 3.8) is 0 Å². The molecule has 27 heavy (non-hydrogen) atoms. The molecule has 0 fully saturated rings. The van der Waals surface area contributed by atoms with Crippen LogP contribution in [0.3, 0.4) is 0 Å². The average molecular weight is 365 g/mol. The molecule has 1 amide bonds. The van der Waals surface area contributed by atoms with E-state index in [9.17, 15) is 9.59 Å². The Morgan fingerprint density at radius 2 is 2.00 bits per heavy atom. The number of hydrogen-bond acceptors (Lipinski definition) is 4. The minimum atomic E-state index is -0.267. The molecule has 4 rings (SSSR count). The lowest BCUT2D eigenvalue weighted by Crippen LogP contribution is -2.28. The number of imidazole rings is 1. The summed E-state index contributed by atoms with van der Waals surface area (Å²) in [5.41, 5.74) is 2.64. The minimum absolute atomic E-state index is 0.0838. The molecule has 1 aliphatic heterocycles. The maximum atomic E-state index is 12.8. The molecule has 7 nitrogen and oxygen atoms in total. The molecule has 0 aliphatic carbocycles. The highest BCUT2D eigenvalue weighted by atomic mass is 16.2. The topological polar surface area (TPSA) is 81.8 Å². The summed E-state index contributed by atoms with van der Waals surface area (Å²) in [4.78, 5) is 34.1. The highest BCUT2D eigenvalue weighted by Gasteiger charge is 2.18. The highest BCUT2D eigenvalue weighted by Crippen LogP contribution is 2.18. The van der Waals surface area contributed by atoms with Crippen LogP contribution in [0.4, 0.5) is 5.69 Å². The second-order valence-corrected chi connectivity index (χ2v) is 6.94. The average Bonchev–Trinajstić information content (AvgIpc) is 2.86. The summed E-state index contributed by atoms with van der Waals surface area (Å²) >= 11 is 0. The first-order chi connectivity index (χ1) is 13.2. The first kappa shape index (κ1) is 17.5. The van der Waals surface area contributed by atoms with Gasteiger partial charge in [0.25, 0.3) is 5.56 Å². The van der Waals surface area contributed by atoms with E-state index in [1.165, 1.54) is 22.9 Å². The van der Waals surface area contributed by atoms with E-state index < -0.39 is 0 Å². The van der Waals surface area contributed by atoms with Gasteiger partial charge < -0.3 is 9.88 Å². The maximum Gasteiger partial charge on any atom is 0.282 e. The Morgan fingerprint density at radius 3 is 2.78 bits per heavy atom. The number of nitrogens with zero attached hydrogens (tertiary/aromatic N) is 4. The van der Waals surface area contributed by atoms with Gasteiger partial charge in [0, 0.05) is 18.7 Å². The SMILES string of the molecule is CCc1ccc(NC(=O)Cn2cnc3c(nc4n3CCCCC4)c2=O)cc1. The molecule has 0 saturated carbocycles. The molecule has 0 spiro atoms. The van der Waals surface area contributed by atoms with Crippen molar-refractivity contribution in [3.8, 4) is 0 Å². The first-order valence-electron chi connectivity index (χ1n) is 9.49. The van der Waals surface area contributed by atoms with E-state index in [2.05, 4.69) is 22.2 Å². The molecule has 0 saturated heterocycles. The van der Waals surface area contributed by atoms with Crippen molar-refractivity contribution in [1.29, 1.82) is 0 Å². The van der Waals surface area contributed by atoms with E-state index in [0.717, 1.165) is 38.1 Å². The highest BCUT2D eigenvalue weighted by molar-refractivity contribution is 5.90. The fourth-order valence-electron chi connectivity index (χ4n) is 3.52. The van der Waals surface area contributed by atoms with Crippen molar-refractivity contribution < 1.29 is 4.79 Å². The van der Waals surface area contributed by atoms with Gasteiger partial charge in [0.2, 0.25) is 5.91 Å². The first-order valence-corrected chi connectivity index (χ1v) is 9.49. The van der Waals surface area contributed by atoms with Crippen molar-refractivity contribution in [2.24, 2.45) is 0 Å². The minimum Gasteiger partial charge on any atom is -0.325 e. The zero-order valence-corrected chi connectivity index (χ0v) is 15.4. The number of nitrogens with one attached hydrogen (secondary N) is 1. The Balaban J connectivity index is 1.55. The van der Waals surface area contributed by atoms with Gasteiger partial charge in [-0.05, 0) is 37.0 Å². The third kappa shape index (κ3) is 3.49. The lowest BCUT2D eigenvalue weighted by atomic mass is 10.1. The zero-order valence-electron chi connectivity index (χ0n) is 15.4. The molecule has 3 aromatic rings. The number of anilines is 1. The molecule has 0 radical (unpaired) electrons. The van der Waals surface area contributed by atoms with Crippen molar-refractivity contribution in [2.45, 2.75) is 52.1 Å². The second kappa shape index (κ2) is 7.34. The molecule has 3 heterocycles. The zero-order chi connectivity index (χ0) is 18.8. The summed E-state index contributed by atoms with van der Waals surface area (Å²) in [6, 6.07) is 7.70. The van der Waals surface area contributed by atoms with E-state index in [1.807, 2.05) is 28.8 Å². The molecular formula is C20H23N5O2. The quantitative estimate of drug-likeness (QED) is 0.770. The Kier molecular flexibility index (Phi) is 4.75. The van der Waals surface area contributed by atoms with Crippen LogP contribution in [0.5, 0.6) is 0 Å².